The van der Waals surface area contributed by atoms with Gasteiger partial charge in [0.15, 0.2) is 0 Å². The fourth-order valence-corrected chi connectivity index (χ4v) is 5.62. The molecule has 254 valence electrons. The summed E-state index contributed by atoms with van der Waals surface area (Å²) in [6, 6.07) is 0. The van der Waals surface area contributed by atoms with Crippen molar-refractivity contribution in [3.8, 4) is 0 Å². The number of carbonyl (C=O) groups is 1. The van der Waals surface area contributed by atoms with Crippen molar-refractivity contribution in [3.63, 3.8) is 0 Å². The Morgan fingerprint density at radius 2 is 0.667 bits per heavy atom. The van der Waals surface area contributed by atoms with Gasteiger partial charge in [-0.05, 0) is 19.4 Å². The fraction of sp³-hybridized carbons (Fsp3) is 0.973. The van der Waals surface area contributed by atoms with E-state index >= 15 is 0 Å². The summed E-state index contributed by atoms with van der Waals surface area (Å²) in [5, 5.41) is 26.4. The van der Waals surface area contributed by atoms with Crippen LogP contribution in [0.2, 0.25) is 0 Å². The number of carboxylic acids is 1. The lowest BCUT2D eigenvalue weighted by Gasteiger charge is -2.19. The molecule has 5 nitrogen and oxygen atoms in total. The van der Waals surface area contributed by atoms with E-state index in [1.54, 1.807) is 0 Å². The highest BCUT2D eigenvalue weighted by molar-refractivity contribution is 5.66. The standard InChI is InChI=1S/C21H45NO2.C16H32O2/c1-2-3-4-5-6-7-8-9-10-11-12-13-14-15-16-17-22(18-20-23)19-21-24;1-2-3-4-5-6-7-8-9-10-11-12-13-14-15-16(17)18/h23-24H,2-21H2,1H3;2-15H2,1H3,(H,17,18). The Morgan fingerprint density at radius 1 is 0.405 bits per heavy atom. The maximum Gasteiger partial charge on any atom is 0.303 e. The van der Waals surface area contributed by atoms with Gasteiger partial charge >= 0.3 is 5.97 Å². The van der Waals surface area contributed by atoms with Crippen molar-refractivity contribution in [2.75, 3.05) is 32.8 Å². The maximum absolute atomic E-state index is 10.3. The Morgan fingerprint density at radius 3 is 0.929 bits per heavy atom. The van der Waals surface area contributed by atoms with Gasteiger partial charge in [0.2, 0.25) is 0 Å². The molecule has 0 aliphatic heterocycles. The molecule has 42 heavy (non-hydrogen) atoms. The summed E-state index contributed by atoms with van der Waals surface area (Å²) in [4.78, 5) is 12.5. The molecule has 0 saturated carbocycles. The molecule has 0 aromatic rings. The Hall–Kier alpha value is -0.650. The van der Waals surface area contributed by atoms with Gasteiger partial charge in [0.05, 0.1) is 13.2 Å². The molecule has 0 radical (unpaired) electrons. The lowest BCUT2D eigenvalue weighted by Crippen LogP contribution is -2.30. The minimum absolute atomic E-state index is 0.193. The third-order valence-corrected chi connectivity index (χ3v) is 8.40. The predicted octanol–water partition coefficient (Wildman–Crippen LogP) is 10.7. The lowest BCUT2D eigenvalue weighted by atomic mass is 10.0. The summed E-state index contributed by atoms with van der Waals surface area (Å²) in [7, 11) is 0. The minimum atomic E-state index is -0.655. The van der Waals surface area contributed by atoms with Gasteiger partial charge in [-0.1, -0.05) is 181 Å². The zero-order valence-electron chi connectivity index (χ0n) is 28.7. The van der Waals surface area contributed by atoms with Crippen molar-refractivity contribution >= 4 is 5.97 Å². The molecule has 0 amide bonds. The van der Waals surface area contributed by atoms with Gasteiger partial charge in [-0.25, -0.2) is 0 Å². The van der Waals surface area contributed by atoms with Crippen molar-refractivity contribution in [1.82, 2.24) is 4.90 Å². The highest BCUT2D eigenvalue weighted by Gasteiger charge is 2.02. The van der Waals surface area contributed by atoms with Crippen molar-refractivity contribution in [3.05, 3.63) is 0 Å². The molecule has 0 spiro atoms. The first-order valence-electron chi connectivity index (χ1n) is 18.8. The van der Waals surface area contributed by atoms with E-state index in [-0.39, 0.29) is 13.2 Å². The summed E-state index contributed by atoms with van der Waals surface area (Å²) in [5.41, 5.74) is 0. The number of rotatable bonds is 34. The molecule has 0 saturated heterocycles. The minimum Gasteiger partial charge on any atom is -0.481 e. The Kier molecular flexibility index (Phi) is 41.8. The van der Waals surface area contributed by atoms with Crippen LogP contribution in [0.1, 0.15) is 200 Å². The zero-order chi connectivity index (χ0) is 31.2. The van der Waals surface area contributed by atoms with E-state index < -0.39 is 5.97 Å². The molecule has 0 atom stereocenters. The van der Waals surface area contributed by atoms with Crippen LogP contribution in [0.4, 0.5) is 0 Å². The van der Waals surface area contributed by atoms with Crippen LogP contribution in [0.5, 0.6) is 0 Å². The Bertz CT molecular complexity index is 482. The summed E-state index contributed by atoms with van der Waals surface area (Å²) >= 11 is 0. The van der Waals surface area contributed by atoms with Gasteiger partial charge in [0.1, 0.15) is 0 Å². The number of aliphatic hydroxyl groups is 2. The smallest absolute Gasteiger partial charge is 0.303 e. The highest BCUT2D eigenvalue weighted by atomic mass is 16.4. The Balaban J connectivity index is 0. The zero-order valence-corrected chi connectivity index (χ0v) is 28.7. The van der Waals surface area contributed by atoms with Crippen LogP contribution in [0, 0.1) is 0 Å². The third kappa shape index (κ3) is 41.5. The van der Waals surface area contributed by atoms with Gasteiger partial charge in [-0.15, -0.1) is 0 Å². The molecular formula is C37H77NO4. The molecule has 0 aliphatic carbocycles. The summed E-state index contributed by atoms with van der Waals surface area (Å²) in [5.74, 6) is -0.655. The number of hydrogen-bond acceptors (Lipinski definition) is 4. The van der Waals surface area contributed by atoms with Gasteiger partial charge in [0, 0.05) is 19.5 Å². The van der Waals surface area contributed by atoms with Crippen LogP contribution in [0.15, 0.2) is 0 Å². The van der Waals surface area contributed by atoms with Crippen LogP contribution >= 0.6 is 0 Å². The molecule has 0 aromatic heterocycles. The second-order valence-electron chi connectivity index (χ2n) is 12.6. The monoisotopic (exact) mass is 600 g/mol. The normalized spacial score (nSPS) is 11.2. The summed E-state index contributed by atoms with van der Waals surface area (Å²) in [6.45, 7) is 7.33. The van der Waals surface area contributed by atoms with Crippen molar-refractivity contribution < 1.29 is 20.1 Å². The molecule has 3 N–H and O–H groups in total. The molecular weight excluding hydrogens is 522 g/mol. The Labute approximate surface area is 263 Å². The molecule has 0 aliphatic rings. The van der Waals surface area contributed by atoms with Gasteiger partial charge in [-0.2, -0.15) is 0 Å². The topological polar surface area (TPSA) is 81.0 Å². The fourth-order valence-electron chi connectivity index (χ4n) is 5.62. The van der Waals surface area contributed by atoms with E-state index in [9.17, 15) is 4.79 Å². The summed E-state index contributed by atoms with van der Waals surface area (Å²) < 4.78 is 0. The number of nitrogens with zero attached hydrogens (tertiary/aromatic N) is 1. The van der Waals surface area contributed by atoms with Gasteiger partial charge in [0.25, 0.3) is 0 Å². The van der Waals surface area contributed by atoms with E-state index in [1.165, 1.54) is 167 Å². The first kappa shape index (κ1) is 43.5. The molecule has 0 fully saturated rings. The largest absolute Gasteiger partial charge is 0.481 e. The van der Waals surface area contributed by atoms with Crippen LogP contribution in [-0.2, 0) is 4.79 Å². The first-order valence-corrected chi connectivity index (χ1v) is 18.8. The van der Waals surface area contributed by atoms with E-state index in [0.717, 1.165) is 19.4 Å². The highest BCUT2D eigenvalue weighted by Crippen LogP contribution is 2.14. The van der Waals surface area contributed by atoms with Crippen molar-refractivity contribution in [2.24, 2.45) is 0 Å². The number of hydrogen-bond donors (Lipinski definition) is 3. The SMILES string of the molecule is CCCCCCCCCCCCCCCC(=O)O.CCCCCCCCCCCCCCCCCN(CCO)CCO. The molecule has 0 bridgehead atoms. The molecule has 5 heteroatoms. The van der Waals surface area contributed by atoms with Crippen LogP contribution in [0.3, 0.4) is 0 Å². The average Bonchev–Trinajstić information content (AvgIpc) is 2.98. The molecule has 0 aromatic carbocycles. The number of carboxylic acid groups (broad SMARTS) is 1. The first-order chi connectivity index (χ1) is 20.6. The quantitative estimate of drug-likeness (QED) is 0.0641. The second-order valence-corrected chi connectivity index (χ2v) is 12.6. The molecule has 0 heterocycles. The van der Waals surface area contributed by atoms with E-state index in [0.29, 0.717) is 19.5 Å². The summed E-state index contributed by atoms with van der Waals surface area (Å²) in [6.07, 6.45) is 38.1. The molecule has 0 rings (SSSR count). The van der Waals surface area contributed by atoms with Gasteiger partial charge in [-0.3, -0.25) is 9.69 Å². The van der Waals surface area contributed by atoms with Gasteiger partial charge < -0.3 is 15.3 Å². The van der Waals surface area contributed by atoms with Crippen LogP contribution in [-0.4, -0.2) is 59.0 Å². The van der Waals surface area contributed by atoms with Crippen LogP contribution in [0.25, 0.3) is 0 Å². The third-order valence-electron chi connectivity index (χ3n) is 8.40. The average molecular weight is 600 g/mol. The van der Waals surface area contributed by atoms with Crippen molar-refractivity contribution in [1.29, 1.82) is 0 Å². The maximum atomic E-state index is 10.3. The number of unbranched alkanes of at least 4 members (excludes halogenated alkanes) is 26. The van der Waals surface area contributed by atoms with E-state index in [2.05, 4.69) is 18.7 Å². The molecule has 0 unspecified atom stereocenters. The van der Waals surface area contributed by atoms with Crippen LogP contribution < -0.4 is 0 Å². The van der Waals surface area contributed by atoms with E-state index in [4.69, 9.17) is 15.3 Å². The van der Waals surface area contributed by atoms with Crippen molar-refractivity contribution in [2.45, 2.75) is 200 Å². The number of aliphatic carboxylic acids is 1. The predicted molar refractivity (Wildman–Crippen MR) is 183 cm³/mol. The van der Waals surface area contributed by atoms with E-state index in [1.807, 2.05) is 0 Å². The second kappa shape index (κ2) is 40.4. The lowest BCUT2D eigenvalue weighted by molar-refractivity contribution is -0.137. The number of aliphatic hydroxyl groups excluding tert-OH is 2.